The van der Waals surface area contributed by atoms with Crippen LogP contribution in [0.2, 0.25) is 0 Å². The Bertz CT molecular complexity index is 1390. The Labute approximate surface area is 253 Å². The van der Waals surface area contributed by atoms with E-state index in [4.69, 9.17) is 0 Å². The minimum Gasteiger partial charge on any atom is -0.560 e. The van der Waals surface area contributed by atoms with E-state index in [2.05, 4.69) is 37.3 Å². The smallest absolute Gasteiger partial charge is 0.560 e. The number of benzene rings is 1. The Hall–Kier alpha value is -2.84. The van der Waals surface area contributed by atoms with Gasteiger partial charge in [0.25, 0.3) is 5.91 Å². The van der Waals surface area contributed by atoms with E-state index in [1.165, 1.54) is 7.05 Å². The molecule has 1 unspecified atom stereocenters. The zero-order valence-electron chi connectivity index (χ0n) is 20.6. The fourth-order valence-corrected chi connectivity index (χ4v) is 3.43. The van der Waals surface area contributed by atoms with E-state index in [0.29, 0.717) is 11.5 Å². The van der Waals surface area contributed by atoms with Crippen molar-refractivity contribution in [3.63, 3.8) is 0 Å². The van der Waals surface area contributed by atoms with Gasteiger partial charge in [0.2, 0.25) is 0 Å². The van der Waals surface area contributed by atoms with Gasteiger partial charge < -0.3 is 27.1 Å². The number of alkyl halides is 3. The first kappa shape index (κ1) is 28.7. The van der Waals surface area contributed by atoms with E-state index in [-0.39, 0.29) is 63.1 Å². The summed E-state index contributed by atoms with van der Waals surface area (Å²) in [5.74, 6) is -0.0360. The minimum atomic E-state index is -4.63. The van der Waals surface area contributed by atoms with Gasteiger partial charge >= 0.3 is 57.6 Å². The van der Waals surface area contributed by atoms with Gasteiger partial charge in [-0.3, -0.25) is 14.2 Å². The molecule has 4 aromatic rings. The molecule has 37 heavy (non-hydrogen) atoms. The first-order chi connectivity index (χ1) is 17.1. The number of nitrogens with one attached hydrogen (secondary N) is 3. The van der Waals surface area contributed by atoms with Crippen molar-refractivity contribution in [3.8, 4) is 11.1 Å². The van der Waals surface area contributed by atoms with Crippen molar-refractivity contribution < 1.29 is 69.4 Å². The van der Waals surface area contributed by atoms with Gasteiger partial charge in [-0.15, -0.1) is 6.07 Å². The molecule has 3 N–H and O–H groups in total. The Morgan fingerprint density at radius 2 is 2.00 bits per heavy atom. The monoisotopic (exact) mass is 535 g/mol. The summed E-state index contributed by atoms with van der Waals surface area (Å²) in [5.41, 5.74) is 1.86. The Morgan fingerprint density at radius 1 is 1.22 bits per heavy atom. The maximum atomic E-state index is 12.9. The standard InChI is InChI=1S/C24H23F3N8O.K/c1-15(28-7-8-29-22-10-17(12-30-22)18-13-31-34(2)14-18)16-5-4-6-19(9-16)32-23(36)20-11-21(24(25,26)27)33-35(20)3;/h4-6,8-15,28H,1-3H3,(H,29,30)(H,32,36);/q-2;+1. The molecule has 0 saturated carbocycles. The number of amides is 1. The second-order valence-corrected chi connectivity index (χ2v) is 8.06. The van der Waals surface area contributed by atoms with Crippen LogP contribution >= 0.6 is 0 Å². The van der Waals surface area contributed by atoms with Crippen molar-refractivity contribution in [2.75, 3.05) is 10.6 Å². The molecule has 9 nitrogen and oxygen atoms in total. The molecule has 188 valence electrons. The average molecular weight is 536 g/mol. The molecule has 0 radical (unpaired) electrons. The van der Waals surface area contributed by atoms with Crippen molar-refractivity contribution in [2.24, 2.45) is 14.1 Å². The summed E-state index contributed by atoms with van der Waals surface area (Å²) in [4.78, 5) is 16.8. The number of aryl methyl sites for hydroxylation is 2. The third kappa shape index (κ3) is 7.35. The van der Waals surface area contributed by atoms with E-state index in [0.717, 1.165) is 27.4 Å². The maximum Gasteiger partial charge on any atom is 1.00 e. The van der Waals surface area contributed by atoms with Crippen molar-refractivity contribution in [2.45, 2.75) is 19.1 Å². The predicted octanol–water partition coefficient (Wildman–Crippen LogP) is 1.25. The first-order valence-corrected chi connectivity index (χ1v) is 10.8. The van der Waals surface area contributed by atoms with Crippen LogP contribution in [0, 0.1) is 6.20 Å². The number of anilines is 2. The van der Waals surface area contributed by atoms with E-state index in [1.54, 1.807) is 41.5 Å². The molecule has 0 spiro atoms. The number of halogens is 3. The number of hydrogen-bond donors (Lipinski definition) is 3. The summed E-state index contributed by atoms with van der Waals surface area (Å²) in [5, 5.41) is 16.3. The molecule has 0 aliphatic heterocycles. The van der Waals surface area contributed by atoms with Gasteiger partial charge in [-0.1, -0.05) is 23.9 Å². The van der Waals surface area contributed by atoms with Crippen LogP contribution in [0.25, 0.3) is 11.1 Å². The van der Waals surface area contributed by atoms with Crippen LogP contribution in [0.15, 0.2) is 61.2 Å². The molecule has 3 heterocycles. The van der Waals surface area contributed by atoms with Gasteiger partial charge in [-0.2, -0.15) is 35.1 Å². The van der Waals surface area contributed by atoms with Crippen molar-refractivity contribution in [1.82, 2.24) is 29.9 Å². The summed E-state index contributed by atoms with van der Waals surface area (Å²) >= 11 is 0. The van der Waals surface area contributed by atoms with E-state index >= 15 is 0 Å². The molecule has 0 aliphatic rings. The molecule has 13 heteroatoms. The molecule has 0 fully saturated rings. The van der Waals surface area contributed by atoms with E-state index < -0.39 is 17.8 Å². The van der Waals surface area contributed by atoms with Crippen LogP contribution < -0.4 is 67.3 Å². The largest absolute Gasteiger partial charge is 1.00 e. The molecule has 0 saturated heterocycles. The van der Waals surface area contributed by atoms with Crippen LogP contribution in [-0.2, 0) is 20.3 Å². The van der Waals surface area contributed by atoms with Crippen molar-refractivity contribution >= 4 is 17.4 Å². The topological polar surface area (TPSA) is 102 Å². The Balaban J connectivity index is 0.00000380. The third-order valence-electron chi connectivity index (χ3n) is 5.31. The Kier molecular flexibility index (Phi) is 9.42. The number of aromatic nitrogens is 5. The fourth-order valence-electron chi connectivity index (χ4n) is 3.43. The molecule has 0 bridgehead atoms. The summed E-state index contributed by atoms with van der Waals surface area (Å²) in [7, 11) is 3.13. The number of carbonyl (C=O) groups is 1. The SMILES string of the molecule is CC(N[C-]=CNc1[cH-]c(-c2cnn(C)c2)cn1)c1cccc(NC(=O)c2cc(C(F)(F)F)nn2C)c1.[K+]. The summed E-state index contributed by atoms with van der Waals surface area (Å²) < 4.78 is 41.2. The fraction of sp³-hybridized carbons (Fsp3) is 0.208. The molecule has 0 aliphatic carbocycles. The second kappa shape index (κ2) is 12.1. The molecule has 1 aromatic carbocycles. The molecule has 1 atom stereocenters. The number of nitrogens with zero attached hydrogens (tertiary/aromatic N) is 5. The normalized spacial score (nSPS) is 12.3. The van der Waals surface area contributed by atoms with Gasteiger partial charge in [-0.05, 0) is 30.8 Å². The van der Waals surface area contributed by atoms with Crippen LogP contribution in [-0.4, -0.2) is 30.5 Å². The molecule has 4 rings (SSSR count). The summed E-state index contributed by atoms with van der Waals surface area (Å²) in [6.07, 6.45) is 5.33. The van der Waals surface area contributed by atoms with Gasteiger partial charge in [0.15, 0.2) is 5.69 Å². The third-order valence-corrected chi connectivity index (χ3v) is 5.31. The van der Waals surface area contributed by atoms with Crippen LogP contribution in [0.4, 0.5) is 24.7 Å². The van der Waals surface area contributed by atoms with E-state index in [1.807, 2.05) is 32.3 Å². The zero-order chi connectivity index (χ0) is 25.9. The quantitative estimate of drug-likeness (QED) is 0.178. The molecule has 3 aromatic heterocycles. The molecular weight excluding hydrogens is 512 g/mol. The van der Waals surface area contributed by atoms with Crippen LogP contribution in [0.1, 0.15) is 34.7 Å². The molecular formula is C24H23F3KN8O-. The van der Waals surface area contributed by atoms with Crippen molar-refractivity contribution in [3.05, 3.63) is 84.3 Å². The van der Waals surface area contributed by atoms with Gasteiger partial charge in [0.05, 0.1) is 5.82 Å². The number of hydrogen-bond acceptors (Lipinski definition) is 6. The van der Waals surface area contributed by atoms with Crippen molar-refractivity contribution in [1.29, 1.82) is 0 Å². The van der Waals surface area contributed by atoms with Gasteiger partial charge in [0.1, 0.15) is 5.69 Å². The average Bonchev–Trinajstić information content (AvgIpc) is 3.56. The second-order valence-electron chi connectivity index (χ2n) is 8.06. The predicted molar refractivity (Wildman–Crippen MR) is 128 cm³/mol. The Morgan fingerprint density at radius 3 is 2.68 bits per heavy atom. The minimum absolute atomic E-state index is 0. The number of rotatable bonds is 8. The number of carbonyl (C=O) groups excluding carboxylic acids is 1. The first-order valence-electron chi connectivity index (χ1n) is 10.8. The van der Waals surface area contributed by atoms with E-state index in [9.17, 15) is 18.0 Å². The van der Waals surface area contributed by atoms with Crippen LogP contribution in [0.3, 0.4) is 0 Å². The van der Waals surface area contributed by atoms with Gasteiger partial charge in [-0.25, -0.2) is 0 Å². The van der Waals surface area contributed by atoms with Crippen LogP contribution in [0.5, 0.6) is 0 Å². The zero-order valence-corrected chi connectivity index (χ0v) is 23.8. The molecule has 1 amide bonds. The summed E-state index contributed by atoms with van der Waals surface area (Å²) in [6, 6.07) is 9.41. The summed E-state index contributed by atoms with van der Waals surface area (Å²) in [6.45, 7) is 1.90. The van der Waals surface area contributed by atoms with Gasteiger partial charge in [0, 0.05) is 38.1 Å². The maximum absolute atomic E-state index is 12.9.